The van der Waals surface area contributed by atoms with E-state index < -0.39 is 0 Å². The number of para-hydroxylation sites is 1. The molecule has 132 valence electrons. The molecule has 1 aromatic carbocycles. The van der Waals surface area contributed by atoms with Gasteiger partial charge in [-0.05, 0) is 30.1 Å². The molecule has 0 saturated heterocycles. The van der Waals surface area contributed by atoms with Gasteiger partial charge in [0.1, 0.15) is 5.82 Å². The molecule has 0 unspecified atom stereocenters. The van der Waals surface area contributed by atoms with Crippen LogP contribution < -0.4 is 5.56 Å². The maximum Gasteiger partial charge on any atom is 0.258 e. The van der Waals surface area contributed by atoms with E-state index in [1.165, 1.54) is 0 Å². The third-order valence-corrected chi connectivity index (χ3v) is 4.92. The predicted molar refractivity (Wildman–Crippen MR) is 99.8 cm³/mol. The van der Waals surface area contributed by atoms with E-state index in [0.29, 0.717) is 41.5 Å². The minimum Gasteiger partial charge on any atom is -0.338 e. The van der Waals surface area contributed by atoms with Gasteiger partial charge in [-0.1, -0.05) is 30.3 Å². The second kappa shape index (κ2) is 7.19. The first-order valence-electron chi connectivity index (χ1n) is 8.29. The molecule has 26 heavy (non-hydrogen) atoms. The van der Waals surface area contributed by atoms with Gasteiger partial charge in [-0.2, -0.15) is 4.98 Å². The average molecular weight is 367 g/mol. The van der Waals surface area contributed by atoms with E-state index in [1.54, 1.807) is 17.4 Å². The molecule has 3 heterocycles. The lowest BCUT2D eigenvalue weighted by atomic mass is 10.2. The van der Waals surface area contributed by atoms with Crippen LogP contribution in [-0.4, -0.2) is 31.6 Å². The van der Waals surface area contributed by atoms with Crippen molar-refractivity contribution in [1.82, 2.24) is 25.0 Å². The van der Waals surface area contributed by atoms with Gasteiger partial charge in [0.2, 0.25) is 11.7 Å². The Morgan fingerprint density at radius 1 is 1.15 bits per heavy atom. The number of hydrogen-bond acceptors (Lipinski definition) is 7. The molecule has 0 spiro atoms. The summed E-state index contributed by atoms with van der Waals surface area (Å²) in [6.07, 6.45) is 0. The summed E-state index contributed by atoms with van der Waals surface area (Å²) in [5.74, 6) is 1.76. The lowest BCUT2D eigenvalue weighted by molar-refractivity contribution is 0.224. The van der Waals surface area contributed by atoms with Crippen LogP contribution in [0.2, 0.25) is 0 Å². The molecule has 0 bridgehead atoms. The highest BCUT2D eigenvalue weighted by Crippen LogP contribution is 2.21. The minimum atomic E-state index is -0.126. The number of nitrogens with one attached hydrogen (secondary N) is 1. The fourth-order valence-electron chi connectivity index (χ4n) is 2.72. The second-order valence-electron chi connectivity index (χ2n) is 5.82. The summed E-state index contributed by atoms with van der Waals surface area (Å²) >= 11 is 1.57. The van der Waals surface area contributed by atoms with Crippen molar-refractivity contribution in [2.45, 2.75) is 20.0 Å². The molecule has 0 aliphatic rings. The van der Waals surface area contributed by atoms with Crippen LogP contribution >= 0.6 is 11.3 Å². The summed E-state index contributed by atoms with van der Waals surface area (Å²) < 4.78 is 5.36. The largest absolute Gasteiger partial charge is 0.338 e. The lowest BCUT2D eigenvalue weighted by Crippen LogP contribution is -2.25. The standard InChI is InChI=1S/C18H17N5O2S/c1-2-23(11-16-21-17(22-25-16)14-8-5-9-26-14)10-15-19-13-7-4-3-6-12(13)18(24)20-15/h3-9H,2,10-11H2,1H3,(H,19,20,24). The Morgan fingerprint density at radius 3 is 2.85 bits per heavy atom. The highest BCUT2D eigenvalue weighted by atomic mass is 32.1. The molecule has 7 nitrogen and oxygen atoms in total. The number of thiophene rings is 1. The van der Waals surface area contributed by atoms with Gasteiger partial charge in [0.15, 0.2) is 0 Å². The summed E-state index contributed by atoms with van der Waals surface area (Å²) in [6.45, 7) is 3.78. The monoisotopic (exact) mass is 367 g/mol. The Morgan fingerprint density at radius 2 is 2.04 bits per heavy atom. The van der Waals surface area contributed by atoms with Gasteiger partial charge in [0.25, 0.3) is 5.56 Å². The summed E-state index contributed by atoms with van der Waals surface area (Å²) in [6, 6.07) is 11.2. The first-order chi connectivity index (χ1) is 12.7. The Hall–Kier alpha value is -2.84. The van der Waals surface area contributed by atoms with Gasteiger partial charge < -0.3 is 9.51 Å². The summed E-state index contributed by atoms with van der Waals surface area (Å²) in [7, 11) is 0. The zero-order chi connectivity index (χ0) is 17.9. The number of aromatic amines is 1. The normalized spacial score (nSPS) is 11.5. The van der Waals surface area contributed by atoms with Crippen LogP contribution in [-0.2, 0) is 13.1 Å². The number of benzene rings is 1. The van der Waals surface area contributed by atoms with Crippen molar-refractivity contribution in [2.24, 2.45) is 0 Å². The quantitative estimate of drug-likeness (QED) is 0.563. The van der Waals surface area contributed by atoms with Crippen molar-refractivity contribution in [3.63, 3.8) is 0 Å². The maximum absolute atomic E-state index is 12.2. The van der Waals surface area contributed by atoms with Crippen LogP contribution in [0.15, 0.2) is 51.1 Å². The van der Waals surface area contributed by atoms with E-state index >= 15 is 0 Å². The van der Waals surface area contributed by atoms with E-state index in [-0.39, 0.29) is 5.56 Å². The molecule has 0 aliphatic carbocycles. The minimum absolute atomic E-state index is 0.126. The van der Waals surface area contributed by atoms with Crippen LogP contribution in [0.4, 0.5) is 0 Å². The van der Waals surface area contributed by atoms with Crippen molar-refractivity contribution < 1.29 is 4.52 Å². The van der Waals surface area contributed by atoms with Crippen LogP contribution in [0.5, 0.6) is 0 Å². The average Bonchev–Trinajstić information content (AvgIpc) is 3.33. The Kier molecular flexibility index (Phi) is 4.59. The van der Waals surface area contributed by atoms with Gasteiger partial charge in [0, 0.05) is 0 Å². The molecular weight excluding hydrogens is 350 g/mol. The number of hydrogen-bond donors (Lipinski definition) is 1. The molecule has 4 aromatic rings. The highest BCUT2D eigenvalue weighted by molar-refractivity contribution is 7.13. The second-order valence-corrected chi connectivity index (χ2v) is 6.77. The van der Waals surface area contributed by atoms with Crippen LogP contribution in [0.25, 0.3) is 21.6 Å². The lowest BCUT2D eigenvalue weighted by Gasteiger charge is -2.17. The van der Waals surface area contributed by atoms with Crippen molar-refractivity contribution in [2.75, 3.05) is 6.54 Å². The number of fused-ring (bicyclic) bond motifs is 1. The van der Waals surface area contributed by atoms with Gasteiger partial charge in [-0.25, -0.2) is 4.98 Å². The number of nitrogens with zero attached hydrogens (tertiary/aromatic N) is 4. The SMILES string of the molecule is CCN(Cc1nc2ccccc2c(=O)[nH]1)Cc1nc(-c2cccs2)no1. The maximum atomic E-state index is 12.2. The molecule has 0 radical (unpaired) electrons. The predicted octanol–water partition coefficient (Wildman–Crippen LogP) is 3.06. The van der Waals surface area contributed by atoms with Gasteiger partial charge in [-0.3, -0.25) is 9.69 Å². The Labute approximate surface area is 153 Å². The molecule has 0 fully saturated rings. The zero-order valence-corrected chi connectivity index (χ0v) is 15.0. The van der Waals surface area contributed by atoms with E-state index in [1.807, 2.05) is 42.6 Å². The number of rotatable bonds is 6. The first kappa shape index (κ1) is 16.6. The summed E-state index contributed by atoms with van der Waals surface area (Å²) in [5.41, 5.74) is 0.569. The smallest absolute Gasteiger partial charge is 0.258 e. The molecule has 0 atom stereocenters. The van der Waals surface area contributed by atoms with Crippen molar-refractivity contribution >= 4 is 22.2 Å². The fraction of sp³-hybridized carbons (Fsp3) is 0.222. The van der Waals surface area contributed by atoms with Crippen LogP contribution in [0.1, 0.15) is 18.6 Å². The van der Waals surface area contributed by atoms with Crippen molar-refractivity contribution in [3.8, 4) is 10.7 Å². The van der Waals surface area contributed by atoms with Crippen LogP contribution in [0.3, 0.4) is 0 Å². The first-order valence-corrected chi connectivity index (χ1v) is 9.17. The van der Waals surface area contributed by atoms with Crippen molar-refractivity contribution in [3.05, 3.63) is 63.8 Å². The number of H-pyrrole nitrogens is 1. The van der Waals surface area contributed by atoms with E-state index in [4.69, 9.17) is 4.52 Å². The van der Waals surface area contributed by atoms with Gasteiger partial charge in [0.05, 0.1) is 28.9 Å². The molecular formula is C18H17N5O2S. The van der Waals surface area contributed by atoms with Gasteiger partial charge in [-0.15, -0.1) is 11.3 Å². The third kappa shape index (κ3) is 3.42. The number of aromatic nitrogens is 4. The van der Waals surface area contributed by atoms with E-state index in [9.17, 15) is 4.79 Å². The van der Waals surface area contributed by atoms with E-state index in [2.05, 4.69) is 25.0 Å². The molecule has 8 heteroatoms. The van der Waals surface area contributed by atoms with E-state index in [0.717, 1.165) is 11.4 Å². The molecule has 3 aromatic heterocycles. The third-order valence-electron chi connectivity index (χ3n) is 4.05. The van der Waals surface area contributed by atoms with Crippen molar-refractivity contribution in [1.29, 1.82) is 0 Å². The molecule has 0 aliphatic heterocycles. The highest BCUT2D eigenvalue weighted by Gasteiger charge is 2.14. The summed E-state index contributed by atoms with van der Waals surface area (Å²) in [4.78, 5) is 27.1. The fourth-order valence-corrected chi connectivity index (χ4v) is 3.37. The molecule has 0 amide bonds. The molecule has 4 rings (SSSR count). The molecule has 0 saturated carbocycles. The van der Waals surface area contributed by atoms with Crippen LogP contribution in [0, 0.1) is 0 Å². The Bertz CT molecular complexity index is 1070. The van der Waals surface area contributed by atoms with Gasteiger partial charge >= 0.3 is 0 Å². The zero-order valence-electron chi connectivity index (χ0n) is 14.2. The topological polar surface area (TPSA) is 87.9 Å². The Balaban J connectivity index is 1.52. The molecule has 1 N–H and O–H groups in total. The summed E-state index contributed by atoms with van der Waals surface area (Å²) in [5, 5.41) is 6.60.